The van der Waals surface area contributed by atoms with Crippen molar-refractivity contribution in [2.24, 2.45) is 0 Å². The predicted molar refractivity (Wildman–Crippen MR) is 46.2 cm³/mol. The Morgan fingerprint density at radius 2 is 2.33 bits per heavy atom. The maximum absolute atomic E-state index is 12.6. The standard InChI is InChI=1S/C10H11FO/c1-2-4-10(12)8-5-3-6-9(11)7-8/h2-3,5-7,10,12H,1,4H2/t10-/m1/s1. The molecule has 0 radical (unpaired) electrons. The van der Waals surface area contributed by atoms with E-state index in [1.54, 1.807) is 18.2 Å². The zero-order valence-electron chi connectivity index (χ0n) is 6.70. The van der Waals surface area contributed by atoms with Gasteiger partial charge in [0.1, 0.15) is 5.82 Å². The lowest BCUT2D eigenvalue weighted by Gasteiger charge is -2.07. The van der Waals surface area contributed by atoms with Crippen LogP contribution in [0.3, 0.4) is 0 Å². The van der Waals surface area contributed by atoms with E-state index in [0.29, 0.717) is 12.0 Å². The van der Waals surface area contributed by atoms with Crippen LogP contribution in [0.2, 0.25) is 0 Å². The van der Waals surface area contributed by atoms with Crippen molar-refractivity contribution in [3.63, 3.8) is 0 Å². The third-order valence-corrected chi connectivity index (χ3v) is 1.62. The second-order valence-corrected chi connectivity index (χ2v) is 2.60. The van der Waals surface area contributed by atoms with Gasteiger partial charge in [-0.05, 0) is 24.1 Å². The van der Waals surface area contributed by atoms with Crippen molar-refractivity contribution in [2.45, 2.75) is 12.5 Å². The SMILES string of the molecule is C=CC[C@@H](O)c1cccc(F)c1. The Kier molecular flexibility index (Phi) is 3.00. The number of halogens is 1. The van der Waals surface area contributed by atoms with Gasteiger partial charge in [0.05, 0.1) is 6.10 Å². The summed E-state index contributed by atoms with van der Waals surface area (Å²) in [5, 5.41) is 9.41. The second kappa shape index (κ2) is 4.02. The van der Waals surface area contributed by atoms with Crippen molar-refractivity contribution in [1.29, 1.82) is 0 Å². The van der Waals surface area contributed by atoms with Crippen LogP contribution >= 0.6 is 0 Å². The molecule has 64 valence electrons. The lowest BCUT2D eigenvalue weighted by molar-refractivity contribution is 0.181. The molecule has 0 saturated heterocycles. The largest absolute Gasteiger partial charge is 0.388 e. The van der Waals surface area contributed by atoms with Crippen LogP contribution in [0.5, 0.6) is 0 Å². The first-order chi connectivity index (χ1) is 5.74. The van der Waals surface area contributed by atoms with Gasteiger partial charge in [-0.1, -0.05) is 18.2 Å². The molecular formula is C10H11FO. The van der Waals surface area contributed by atoms with E-state index in [1.807, 2.05) is 0 Å². The number of aliphatic hydroxyl groups excluding tert-OH is 1. The van der Waals surface area contributed by atoms with Crippen LogP contribution < -0.4 is 0 Å². The molecule has 0 fully saturated rings. The summed E-state index contributed by atoms with van der Waals surface area (Å²) >= 11 is 0. The summed E-state index contributed by atoms with van der Waals surface area (Å²) in [6.45, 7) is 3.49. The Bertz CT molecular complexity index is 270. The van der Waals surface area contributed by atoms with Crippen LogP contribution in [0.4, 0.5) is 4.39 Å². The fourth-order valence-electron chi connectivity index (χ4n) is 1.01. The van der Waals surface area contributed by atoms with E-state index in [-0.39, 0.29) is 5.82 Å². The number of aliphatic hydroxyl groups is 1. The molecule has 1 nitrogen and oxygen atoms in total. The summed E-state index contributed by atoms with van der Waals surface area (Å²) in [5.41, 5.74) is 0.593. The average Bonchev–Trinajstić information content (AvgIpc) is 2.05. The summed E-state index contributed by atoms with van der Waals surface area (Å²) in [6.07, 6.45) is 1.41. The van der Waals surface area contributed by atoms with E-state index in [0.717, 1.165) is 0 Å². The van der Waals surface area contributed by atoms with Crippen LogP contribution in [-0.4, -0.2) is 5.11 Å². The summed E-state index contributed by atoms with van der Waals surface area (Å²) in [5.74, 6) is -0.324. The highest BCUT2D eigenvalue weighted by Crippen LogP contribution is 2.17. The Balaban J connectivity index is 2.80. The van der Waals surface area contributed by atoms with Crippen molar-refractivity contribution < 1.29 is 9.50 Å². The molecule has 1 atom stereocenters. The van der Waals surface area contributed by atoms with Gasteiger partial charge in [-0.2, -0.15) is 0 Å². The molecular weight excluding hydrogens is 155 g/mol. The Labute approximate surface area is 71.2 Å². The molecule has 1 rings (SSSR count). The van der Waals surface area contributed by atoms with Gasteiger partial charge >= 0.3 is 0 Å². The highest BCUT2D eigenvalue weighted by atomic mass is 19.1. The van der Waals surface area contributed by atoms with Crippen molar-refractivity contribution in [2.75, 3.05) is 0 Å². The van der Waals surface area contributed by atoms with E-state index in [1.165, 1.54) is 12.1 Å². The fraction of sp³-hybridized carbons (Fsp3) is 0.200. The summed E-state index contributed by atoms with van der Waals surface area (Å²) in [6, 6.07) is 5.95. The van der Waals surface area contributed by atoms with Crippen molar-refractivity contribution in [3.05, 3.63) is 48.3 Å². The number of hydrogen-bond donors (Lipinski definition) is 1. The molecule has 0 aliphatic heterocycles. The van der Waals surface area contributed by atoms with Crippen LogP contribution in [0.15, 0.2) is 36.9 Å². The van der Waals surface area contributed by atoms with Crippen molar-refractivity contribution in [3.8, 4) is 0 Å². The Morgan fingerprint density at radius 1 is 1.58 bits per heavy atom. The molecule has 0 unspecified atom stereocenters. The maximum Gasteiger partial charge on any atom is 0.123 e. The first kappa shape index (κ1) is 8.94. The molecule has 0 aliphatic rings. The molecule has 0 bridgehead atoms. The van der Waals surface area contributed by atoms with Gasteiger partial charge < -0.3 is 5.11 Å². The van der Waals surface area contributed by atoms with E-state index >= 15 is 0 Å². The minimum atomic E-state index is -0.641. The zero-order valence-corrected chi connectivity index (χ0v) is 6.70. The van der Waals surface area contributed by atoms with Gasteiger partial charge in [0.15, 0.2) is 0 Å². The van der Waals surface area contributed by atoms with Gasteiger partial charge in [-0.25, -0.2) is 4.39 Å². The minimum absolute atomic E-state index is 0.324. The topological polar surface area (TPSA) is 20.2 Å². The molecule has 1 aromatic carbocycles. The highest BCUT2D eigenvalue weighted by Gasteiger charge is 2.04. The Hall–Kier alpha value is -1.15. The van der Waals surface area contributed by atoms with Gasteiger partial charge in [-0.15, -0.1) is 6.58 Å². The molecule has 0 heterocycles. The van der Waals surface area contributed by atoms with E-state index in [9.17, 15) is 9.50 Å². The monoisotopic (exact) mass is 166 g/mol. The van der Waals surface area contributed by atoms with Gasteiger partial charge in [0.2, 0.25) is 0 Å². The van der Waals surface area contributed by atoms with Crippen molar-refractivity contribution >= 4 is 0 Å². The highest BCUT2D eigenvalue weighted by molar-refractivity contribution is 5.19. The molecule has 0 aromatic heterocycles. The number of rotatable bonds is 3. The normalized spacial score (nSPS) is 12.5. The molecule has 0 amide bonds. The van der Waals surface area contributed by atoms with Gasteiger partial charge in [-0.3, -0.25) is 0 Å². The minimum Gasteiger partial charge on any atom is -0.388 e. The van der Waals surface area contributed by atoms with Gasteiger partial charge in [0, 0.05) is 0 Å². The molecule has 1 aromatic rings. The molecule has 0 saturated carbocycles. The second-order valence-electron chi connectivity index (χ2n) is 2.60. The molecule has 2 heteroatoms. The van der Waals surface area contributed by atoms with Crippen molar-refractivity contribution in [1.82, 2.24) is 0 Å². The molecule has 0 spiro atoms. The first-order valence-electron chi connectivity index (χ1n) is 3.78. The third-order valence-electron chi connectivity index (χ3n) is 1.62. The molecule has 1 N–H and O–H groups in total. The fourth-order valence-corrected chi connectivity index (χ4v) is 1.01. The van der Waals surface area contributed by atoms with Crippen LogP contribution in [0.25, 0.3) is 0 Å². The van der Waals surface area contributed by atoms with Crippen LogP contribution in [0.1, 0.15) is 18.1 Å². The molecule has 12 heavy (non-hydrogen) atoms. The lowest BCUT2D eigenvalue weighted by Crippen LogP contribution is -1.95. The van der Waals surface area contributed by atoms with E-state index in [4.69, 9.17) is 0 Å². The van der Waals surface area contributed by atoms with E-state index < -0.39 is 6.10 Å². The van der Waals surface area contributed by atoms with Gasteiger partial charge in [0.25, 0.3) is 0 Å². The quantitative estimate of drug-likeness (QED) is 0.684. The van der Waals surface area contributed by atoms with E-state index in [2.05, 4.69) is 6.58 Å². The number of benzene rings is 1. The van der Waals surface area contributed by atoms with Crippen LogP contribution in [-0.2, 0) is 0 Å². The third kappa shape index (κ3) is 2.17. The molecule has 0 aliphatic carbocycles. The summed E-state index contributed by atoms with van der Waals surface area (Å²) in [7, 11) is 0. The van der Waals surface area contributed by atoms with Crippen LogP contribution in [0, 0.1) is 5.82 Å². The average molecular weight is 166 g/mol. The first-order valence-corrected chi connectivity index (χ1v) is 3.78. The summed E-state index contributed by atoms with van der Waals surface area (Å²) < 4.78 is 12.6. The number of hydrogen-bond acceptors (Lipinski definition) is 1. The lowest BCUT2D eigenvalue weighted by atomic mass is 10.1. The summed E-state index contributed by atoms with van der Waals surface area (Å²) in [4.78, 5) is 0. The smallest absolute Gasteiger partial charge is 0.123 e. The zero-order chi connectivity index (χ0) is 8.97. The predicted octanol–water partition coefficient (Wildman–Crippen LogP) is 2.44. The maximum atomic E-state index is 12.6. The Morgan fingerprint density at radius 3 is 2.92 bits per heavy atom.